The number of aromatic nitrogens is 6. The summed E-state index contributed by atoms with van der Waals surface area (Å²) in [5.41, 5.74) is 5.22. The minimum atomic E-state index is -2.89. The fourth-order valence-electron chi connectivity index (χ4n) is 5.47. The van der Waals surface area contributed by atoms with Crippen LogP contribution in [-0.4, -0.2) is 73.6 Å². The Morgan fingerprint density at radius 1 is 1.02 bits per heavy atom. The summed E-state index contributed by atoms with van der Waals surface area (Å²) in [5, 5.41) is 12.5. The number of pyridine rings is 1. The molecule has 0 radical (unpaired) electrons. The van der Waals surface area contributed by atoms with Crippen molar-refractivity contribution < 1.29 is 12.8 Å². The normalized spacial score (nSPS) is 15.6. The van der Waals surface area contributed by atoms with Crippen LogP contribution >= 0.6 is 0 Å². The Bertz CT molecular complexity index is 1810. The summed E-state index contributed by atoms with van der Waals surface area (Å²) in [5.74, 6) is 0.141. The molecule has 1 aromatic carbocycles. The van der Waals surface area contributed by atoms with Crippen molar-refractivity contribution in [3.05, 3.63) is 72.7 Å². The number of sulfone groups is 1. The van der Waals surface area contributed by atoms with E-state index in [9.17, 15) is 8.42 Å². The van der Waals surface area contributed by atoms with Crippen molar-refractivity contribution in [3.63, 3.8) is 0 Å². The van der Waals surface area contributed by atoms with E-state index in [2.05, 4.69) is 33.7 Å². The monoisotopic (exact) mass is 576 g/mol. The highest BCUT2D eigenvalue weighted by atomic mass is 32.2. The number of likely N-dealkylation sites (N-methyl/N-ethyl adjacent to an activating group) is 1. The summed E-state index contributed by atoms with van der Waals surface area (Å²) < 4.78 is 44.3. The van der Waals surface area contributed by atoms with Gasteiger partial charge in [-0.25, -0.2) is 17.8 Å². The van der Waals surface area contributed by atoms with E-state index in [1.807, 2.05) is 43.1 Å². The van der Waals surface area contributed by atoms with E-state index >= 15 is 4.39 Å². The van der Waals surface area contributed by atoms with Gasteiger partial charge < -0.3 is 10.2 Å². The Hall–Kier alpha value is -4.03. The van der Waals surface area contributed by atoms with Crippen molar-refractivity contribution in [3.8, 4) is 16.9 Å². The molecule has 0 saturated carbocycles. The molecule has 1 N–H and O–H groups in total. The predicted molar refractivity (Wildman–Crippen MR) is 158 cm³/mol. The van der Waals surface area contributed by atoms with Crippen LogP contribution in [0.3, 0.4) is 0 Å². The molecule has 0 amide bonds. The summed E-state index contributed by atoms with van der Waals surface area (Å²) in [7, 11) is 2.86. The van der Waals surface area contributed by atoms with Crippen molar-refractivity contribution in [1.29, 1.82) is 0 Å². The number of hydrogen-bond donors (Lipinski definition) is 1. The van der Waals surface area contributed by atoms with E-state index in [0.717, 1.165) is 35.2 Å². The number of halogens is 1. The number of nitrogens with one attached hydrogen (secondary N) is 1. The first kappa shape index (κ1) is 27.2. The molecular weight excluding hydrogens is 543 g/mol. The topological polar surface area (TPSA) is 103 Å². The lowest BCUT2D eigenvalue weighted by atomic mass is 10.1. The largest absolute Gasteiger partial charge is 0.351 e. The lowest BCUT2D eigenvalue weighted by Gasteiger charge is -2.31. The Kier molecular flexibility index (Phi) is 7.12. The first-order valence-electron chi connectivity index (χ1n) is 13.6. The lowest BCUT2D eigenvalue weighted by Crippen LogP contribution is -2.39. The standard InChI is InChI=1S/C29H33FN8O2S/c1-35(23-9-12-41(39,40)13-10-23)11-8-21-17-38(24-16-32-37(3)19-24)29-25(21)5-7-27(34-29)20-4-6-28(26(30)14-20)33-22-15-31-36(2)18-22/h4-7,14-19,23,33H,8-13H2,1-3H3. The molecule has 41 heavy (non-hydrogen) atoms. The molecule has 1 saturated heterocycles. The molecule has 1 aliphatic rings. The molecule has 5 aromatic rings. The molecule has 10 nitrogen and oxygen atoms in total. The number of aryl methyl sites for hydroxylation is 2. The fraction of sp³-hybridized carbons (Fsp3) is 0.345. The highest BCUT2D eigenvalue weighted by Crippen LogP contribution is 2.30. The van der Waals surface area contributed by atoms with E-state index in [4.69, 9.17) is 4.98 Å². The molecule has 0 unspecified atom stereocenters. The third-order valence-electron chi connectivity index (χ3n) is 7.83. The highest BCUT2D eigenvalue weighted by molar-refractivity contribution is 7.91. The summed E-state index contributed by atoms with van der Waals surface area (Å²) in [6.45, 7) is 0.801. The van der Waals surface area contributed by atoms with Gasteiger partial charge in [-0.3, -0.25) is 13.9 Å². The van der Waals surface area contributed by atoms with E-state index in [-0.39, 0.29) is 23.4 Å². The third kappa shape index (κ3) is 5.75. The van der Waals surface area contributed by atoms with Crippen molar-refractivity contribution in [1.82, 2.24) is 34.0 Å². The number of nitrogens with zero attached hydrogens (tertiary/aromatic N) is 7. The molecule has 5 heterocycles. The molecule has 12 heteroatoms. The number of hydrogen-bond acceptors (Lipinski definition) is 7. The summed E-state index contributed by atoms with van der Waals surface area (Å²) in [4.78, 5) is 7.26. The molecule has 1 aliphatic heterocycles. The van der Waals surface area contributed by atoms with Gasteiger partial charge in [-0.1, -0.05) is 6.07 Å². The average molecular weight is 577 g/mol. The summed E-state index contributed by atoms with van der Waals surface area (Å²) in [6, 6.07) is 9.30. The van der Waals surface area contributed by atoms with E-state index < -0.39 is 9.84 Å². The molecule has 214 valence electrons. The minimum Gasteiger partial charge on any atom is -0.351 e. The van der Waals surface area contributed by atoms with Gasteiger partial charge in [0.25, 0.3) is 0 Å². The van der Waals surface area contributed by atoms with Crippen LogP contribution in [0.1, 0.15) is 18.4 Å². The quantitative estimate of drug-likeness (QED) is 0.297. The fourth-order valence-corrected chi connectivity index (χ4v) is 6.94. The second kappa shape index (κ2) is 10.7. The molecule has 0 spiro atoms. The summed E-state index contributed by atoms with van der Waals surface area (Å²) in [6.07, 6.45) is 11.4. The Morgan fingerprint density at radius 2 is 1.78 bits per heavy atom. The molecule has 4 aromatic heterocycles. The zero-order valence-corrected chi connectivity index (χ0v) is 24.1. The van der Waals surface area contributed by atoms with Crippen molar-refractivity contribution in [2.24, 2.45) is 14.1 Å². The van der Waals surface area contributed by atoms with Crippen molar-refractivity contribution >= 4 is 32.2 Å². The Labute approximate surface area is 238 Å². The van der Waals surface area contributed by atoms with Crippen LogP contribution < -0.4 is 5.32 Å². The second-order valence-electron chi connectivity index (χ2n) is 10.8. The van der Waals surface area contributed by atoms with Crippen LogP contribution in [0.5, 0.6) is 0 Å². The smallest absolute Gasteiger partial charge is 0.150 e. The van der Waals surface area contributed by atoms with Crippen LogP contribution in [0.25, 0.3) is 28.0 Å². The zero-order valence-electron chi connectivity index (χ0n) is 23.3. The van der Waals surface area contributed by atoms with Gasteiger partial charge in [0.1, 0.15) is 21.3 Å². The van der Waals surface area contributed by atoms with E-state index in [1.165, 1.54) is 6.07 Å². The molecule has 0 bridgehead atoms. The van der Waals surface area contributed by atoms with Crippen molar-refractivity contribution in [2.45, 2.75) is 25.3 Å². The van der Waals surface area contributed by atoms with Gasteiger partial charge in [-0.2, -0.15) is 10.2 Å². The van der Waals surface area contributed by atoms with Crippen LogP contribution in [-0.2, 0) is 30.4 Å². The third-order valence-corrected chi connectivity index (χ3v) is 9.55. The molecule has 0 atom stereocenters. The van der Waals surface area contributed by atoms with Crippen LogP contribution in [0.4, 0.5) is 15.8 Å². The van der Waals surface area contributed by atoms with Gasteiger partial charge in [0, 0.05) is 56.2 Å². The maximum atomic E-state index is 15.1. The highest BCUT2D eigenvalue weighted by Gasteiger charge is 2.26. The zero-order chi connectivity index (χ0) is 28.7. The van der Waals surface area contributed by atoms with Crippen LogP contribution in [0.15, 0.2) is 61.3 Å². The Morgan fingerprint density at radius 3 is 2.46 bits per heavy atom. The van der Waals surface area contributed by atoms with Gasteiger partial charge in [0.05, 0.1) is 46.7 Å². The van der Waals surface area contributed by atoms with Gasteiger partial charge in [0.15, 0.2) is 0 Å². The average Bonchev–Trinajstić information content (AvgIpc) is 3.66. The SMILES string of the molecule is CN(CCc1cn(-c2cnn(C)c2)c2nc(-c3ccc(Nc4cnn(C)c4)c(F)c3)ccc12)C1CCS(=O)(=O)CC1. The summed E-state index contributed by atoms with van der Waals surface area (Å²) >= 11 is 0. The van der Waals surface area contributed by atoms with Crippen molar-refractivity contribution in [2.75, 3.05) is 30.4 Å². The van der Waals surface area contributed by atoms with Crippen LogP contribution in [0.2, 0.25) is 0 Å². The van der Waals surface area contributed by atoms with Gasteiger partial charge in [-0.05, 0) is 56.1 Å². The van der Waals surface area contributed by atoms with Gasteiger partial charge >= 0.3 is 0 Å². The molecule has 6 rings (SSSR count). The maximum absolute atomic E-state index is 15.1. The molecule has 1 fully saturated rings. The lowest BCUT2D eigenvalue weighted by molar-refractivity contribution is 0.229. The molecular formula is C29H33FN8O2S. The first-order chi connectivity index (χ1) is 19.6. The number of anilines is 2. The number of fused-ring (bicyclic) bond motifs is 1. The second-order valence-corrected chi connectivity index (χ2v) is 13.1. The minimum absolute atomic E-state index is 0.260. The van der Waals surface area contributed by atoms with E-state index in [1.54, 1.807) is 34.0 Å². The van der Waals surface area contributed by atoms with E-state index in [0.29, 0.717) is 35.5 Å². The van der Waals surface area contributed by atoms with Gasteiger partial charge in [0.2, 0.25) is 0 Å². The Balaban J connectivity index is 1.28. The predicted octanol–water partition coefficient (Wildman–Crippen LogP) is 4.09. The van der Waals surface area contributed by atoms with Gasteiger partial charge in [-0.15, -0.1) is 0 Å². The first-order valence-corrected chi connectivity index (χ1v) is 15.4. The maximum Gasteiger partial charge on any atom is 0.150 e. The van der Waals surface area contributed by atoms with Crippen LogP contribution in [0, 0.1) is 5.82 Å². The molecule has 0 aliphatic carbocycles. The number of rotatable bonds is 8. The number of benzene rings is 1.